The van der Waals surface area contributed by atoms with Gasteiger partial charge in [-0.15, -0.1) is 0 Å². The molecule has 0 N–H and O–H groups in total. The molecular weight excluding hydrogens is 320 g/mol. The zero-order valence-corrected chi connectivity index (χ0v) is 14.3. The molecule has 130 valence electrons. The number of benzene rings is 2. The standard InChI is InChI=1S/C18H20N4O3/c1-14-4-3-5-17(10-14)25-9-8-20(2)13-21-18-11-16(22(23)24)7-6-15(18)12-19-21/h3-7,10-12H,8-9,13H2,1-2H3. The second-order valence-corrected chi connectivity index (χ2v) is 6.03. The molecule has 7 heteroatoms. The third-order valence-electron chi connectivity index (χ3n) is 3.95. The molecule has 0 aliphatic carbocycles. The van der Waals surface area contributed by atoms with Gasteiger partial charge in [-0.1, -0.05) is 12.1 Å². The second kappa shape index (κ2) is 7.31. The van der Waals surface area contributed by atoms with Crippen LogP contribution in [0.3, 0.4) is 0 Å². The Morgan fingerprint density at radius 1 is 1.28 bits per heavy atom. The lowest BCUT2D eigenvalue weighted by Gasteiger charge is -2.17. The number of aryl methyl sites for hydroxylation is 1. The molecule has 0 spiro atoms. The number of ether oxygens (including phenoxy) is 1. The van der Waals surface area contributed by atoms with Crippen molar-refractivity contribution in [3.05, 3.63) is 64.3 Å². The van der Waals surface area contributed by atoms with Gasteiger partial charge >= 0.3 is 0 Å². The molecule has 0 unspecified atom stereocenters. The van der Waals surface area contributed by atoms with E-state index >= 15 is 0 Å². The fourth-order valence-electron chi connectivity index (χ4n) is 2.61. The second-order valence-electron chi connectivity index (χ2n) is 6.03. The number of likely N-dealkylation sites (N-methyl/N-ethyl adjacent to an activating group) is 1. The normalized spacial score (nSPS) is 11.2. The molecule has 0 saturated heterocycles. The Balaban J connectivity index is 1.61. The topological polar surface area (TPSA) is 73.4 Å². The van der Waals surface area contributed by atoms with E-state index in [4.69, 9.17) is 4.74 Å². The Labute approximate surface area is 145 Å². The number of hydrogen-bond donors (Lipinski definition) is 0. The smallest absolute Gasteiger partial charge is 0.271 e. The molecule has 0 atom stereocenters. The lowest BCUT2D eigenvalue weighted by molar-refractivity contribution is -0.384. The van der Waals surface area contributed by atoms with E-state index in [1.165, 1.54) is 6.07 Å². The number of non-ortho nitro benzene ring substituents is 1. The van der Waals surface area contributed by atoms with Gasteiger partial charge in [0.2, 0.25) is 0 Å². The van der Waals surface area contributed by atoms with Gasteiger partial charge in [-0.25, -0.2) is 0 Å². The molecule has 0 radical (unpaired) electrons. The molecular formula is C18H20N4O3. The van der Waals surface area contributed by atoms with E-state index in [-0.39, 0.29) is 5.69 Å². The summed E-state index contributed by atoms with van der Waals surface area (Å²) in [6, 6.07) is 12.7. The monoisotopic (exact) mass is 340 g/mol. The molecule has 0 amide bonds. The number of hydrogen-bond acceptors (Lipinski definition) is 5. The SMILES string of the molecule is Cc1cccc(OCCN(C)Cn2ncc3ccc([N+](=O)[O-])cc32)c1. The highest BCUT2D eigenvalue weighted by Crippen LogP contribution is 2.20. The zero-order valence-electron chi connectivity index (χ0n) is 14.3. The molecule has 25 heavy (non-hydrogen) atoms. The molecule has 0 aliphatic rings. The van der Waals surface area contributed by atoms with Gasteiger partial charge in [0.25, 0.3) is 5.69 Å². The number of nitro groups is 1. The first-order chi connectivity index (χ1) is 12.0. The predicted octanol–water partition coefficient (Wildman–Crippen LogP) is 3.22. The Bertz CT molecular complexity index is 891. The van der Waals surface area contributed by atoms with Crippen molar-refractivity contribution in [2.75, 3.05) is 20.2 Å². The summed E-state index contributed by atoms with van der Waals surface area (Å²) in [5.41, 5.74) is 1.98. The van der Waals surface area contributed by atoms with E-state index in [2.05, 4.69) is 10.00 Å². The Hall–Kier alpha value is -2.93. The molecule has 0 bridgehead atoms. The first kappa shape index (κ1) is 16.9. The van der Waals surface area contributed by atoms with Crippen molar-refractivity contribution in [3.63, 3.8) is 0 Å². The van der Waals surface area contributed by atoms with E-state index in [1.54, 1.807) is 23.0 Å². The maximum atomic E-state index is 10.9. The fraction of sp³-hybridized carbons (Fsp3) is 0.278. The van der Waals surface area contributed by atoms with E-state index in [0.29, 0.717) is 19.8 Å². The number of nitrogens with zero attached hydrogens (tertiary/aromatic N) is 4. The summed E-state index contributed by atoms with van der Waals surface area (Å²) in [6.07, 6.45) is 1.72. The highest BCUT2D eigenvalue weighted by molar-refractivity contribution is 5.80. The zero-order chi connectivity index (χ0) is 17.8. The fourth-order valence-corrected chi connectivity index (χ4v) is 2.61. The Kier molecular flexibility index (Phi) is 4.95. The summed E-state index contributed by atoms with van der Waals surface area (Å²) in [5, 5.41) is 16.2. The number of nitro benzene ring substituents is 1. The highest BCUT2D eigenvalue weighted by Gasteiger charge is 2.11. The van der Waals surface area contributed by atoms with Crippen molar-refractivity contribution in [1.29, 1.82) is 0 Å². The minimum absolute atomic E-state index is 0.0692. The number of fused-ring (bicyclic) bond motifs is 1. The van der Waals surface area contributed by atoms with Crippen LogP contribution in [0, 0.1) is 17.0 Å². The first-order valence-electron chi connectivity index (χ1n) is 8.01. The average Bonchev–Trinajstić information content (AvgIpc) is 2.97. The molecule has 2 aromatic carbocycles. The molecule has 3 aromatic rings. The van der Waals surface area contributed by atoms with Gasteiger partial charge in [0.05, 0.1) is 23.3 Å². The van der Waals surface area contributed by atoms with Crippen LogP contribution in [-0.4, -0.2) is 39.8 Å². The van der Waals surface area contributed by atoms with Crippen LogP contribution in [0.5, 0.6) is 5.75 Å². The van der Waals surface area contributed by atoms with Crippen molar-refractivity contribution < 1.29 is 9.66 Å². The van der Waals surface area contributed by atoms with Gasteiger partial charge < -0.3 is 4.74 Å². The molecule has 7 nitrogen and oxygen atoms in total. The molecule has 0 saturated carbocycles. The van der Waals surface area contributed by atoms with Gasteiger partial charge in [0.15, 0.2) is 0 Å². The summed E-state index contributed by atoms with van der Waals surface area (Å²) >= 11 is 0. The molecule has 0 fully saturated rings. The van der Waals surface area contributed by atoms with Crippen molar-refractivity contribution >= 4 is 16.6 Å². The van der Waals surface area contributed by atoms with Crippen molar-refractivity contribution in [2.45, 2.75) is 13.6 Å². The molecule has 0 aliphatic heterocycles. The largest absolute Gasteiger partial charge is 0.492 e. The van der Waals surface area contributed by atoms with Crippen LogP contribution in [0.4, 0.5) is 5.69 Å². The summed E-state index contributed by atoms with van der Waals surface area (Å²) in [7, 11) is 1.96. The summed E-state index contributed by atoms with van der Waals surface area (Å²) in [5.74, 6) is 0.855. The minimum atomic E-state index is -0.393. The predicted molar refractivity (Wildman–Crippen MR) is 95.7 cm³/mol. The molecule has 3 rings (SSSR count). The van der Waals surface area contributed by atoms with Crippen LogP contribution >= 0.6 is 0 Å². The van der Waals surface area contributed by atoms with Crippen molar-refractivity contribution in [3.8, 4) is 5.75 Å². The van der Waals surface area contributed by atoms with Crippen LogP contribution < -0.4 is 4.74 Å². The van der Waals surface area contributed by atoms with Crippen molar-refractivity contribution in [2.24, 2.45) is 0 Å². The van der Waals surface area contributed by atoms with Crippen LogP contribution in [0.2, 0.25) is 0 Å². The van der Waals surface area contributed by atoms with Crippen LogP contribution in [0.25, 0.3) is 10.9 Å². The lowest BCUT2D eigenvalue weighted by Crippen LogP contribution is -2.27. The van der Waals surface area contributed by atoms with E-state index in [1.807, 2.05) is 38.2 Å². The number of rotatable bonds is 7. The minimum Gasteiger partial charge on any atom is -0.492 e. The maximum absolute atomic E-state index is 10.9. The third kappa shape index (κ3) is 4.13. The van der Waals surface area contributed by atoms with Crippen LogP contribution in [0.1, 0.15) is 5.56 Å². The lowest BCUT2D eigenvalue weighted by atomic mass is 10.2. The molecule has 1 aromatic heterocycles. The van der Waals surface area contributed by atoms with Gasteiger partial charge in [0.1, 0.15) is 12.4 Å². The van der Waals surface area contributed by atoms with E-state index in [9.17, 15) is 10.1 Å². The van der Waals surface area contributed by atoms with E-state index in [0.717, 1.165) is 22.2 Å². The van der Waals surface area contributed by atoms with Crippen LogP contribution in [-0.2, 0) is 6.67 Å². The summed E-state index contributed by atoms with van der Waals surface area (Å²) in [4.78, 5) is 12.6. The highest BCUT2D eigenvalue weighted by atomic mass is 16.6. The van der Waals surface area contributed by atoms with Gasteiger partial charge in [0, 0.05) is 24.1 Å². The van der Waals surface area contributed by atoms with Crippen LogP contribution in [0.15, 0.2) is 48.7 Å². The Morgan fingerprint density at radius 2 is 2.12 bits per heavy atom. The van der Waals surface area contributed by atoms with Gasteiger partial charge in [-0.3, -0.25) is 19.7 Å². The van der Waals surface area contributed by atoms with Gasteiger partial charge in [-0.05, 0) is 37.7 Å². The van der Waals surface area contributed by atoms with Gasteiger partial charge in [-0.2, -0.15) is 5.10 Å². The maximum Gasteiger partial charge on any atom is 0.271 e. The average molecular weight is 340 g/mol. The third-order valence-corrected chi connectivity index (χ3v) is 3.95. The number of aromatic nitrogens is 2. The van der Waals surface area contributed by atoms with E-state index < -0.39 is 4.92 Å². The summed E-state index contributed by atoms with van der Waals surface area (Å²) in [6.45, 7) is 3.83. The quantitative estimate of drug-likeness (QED) is 0.488. The first-order valence-corrected chi connectivity index (χ1v) is 8.01. The Morgan fingerprint density at radius 3 is 2.88 bits per heavy atom. The van der Waals surface area contributed by atoms with Crippen molar-refractivity contribution in [1.82, 2.24) is 14.7 Å². The summed E-state index contributed by atoms with van der Waals surface area (Å²) < 4.78 is 7.51. The molecule has 1 heterocycles.